The molecule has 0 radical (unpaired) electrons. The van der Waals surface area contributed by atoms with E-state index >= 15 is 0 Å². The van der Waals surface area contributed by atoms with Crippen LogP contribution in [0.2, 0.25) is 0 Å². The number of ether oxygens (including phenoxy) is 1. The number of carbonyl (C=O) groups excluding carboxylic acids is 2. The number of sulfonamides is 1. The summed E-state index contributed by atoms with van der Waals surface area (Å²) < 4.78 is 31.3. The number of rotatable bonds is 8. The third-order valence-electron chi connectivity index (χ3n) is 4.24. The van der Waals surface area contributed by atoms with Crippen LogP contribution in [0.25, 0.3) is 0 Å². The van der Waals surface area contributed by atoms with Gasteiger partial charge in [-0.3, -0.25) is 9.59 Å². The number of likely N-dealkylation sites (tertiary alicyclic amines) is 1. The highest BCUT2D eigenvalue weighted by molar-refractivity contribution is 7.89. The lowest BCUT2D eigenvalue weighted by Crippen LogP contribution is -2.38. The molecule has 2 rings (SSSR count). The van der Waals surface area contributed by atoms with Crippen molar-refractivity contribution in [2.45, 2.75) is 31.2 Å². The van der Waals surface area contributed by atoms with Gasteiger partial charge in [0.25, 0.3) is 0 Å². The van der Waals surface area contributed by atoms with Crippen molar-refractivity contribution in [1.29, 1.82) is 0 Å². The van der Waals surface area contributed by atoms with Gasteiger partial charge >= 0.3 is 0 Å². The average Bonchev–Trinajstić information content (AvgIpc) is 2.97. The highest BCUT2D eigenvalue weighted by Crippen LogP contribution is 2.22. The lowest BCUT2D eigenvalue weighted by atomic mass is 10.1. The molecule has 1 fully saturated rings. The first-order valence-electron chi connectivity index (χ1n) is 8.47. The van der Waals surface area contributed by atoms with Gasteiger partial charge in [0, 0.05) is 32.3 Å². The molecule has 8 nitrogen and oxygen atoms in total. The fourth-order valence-electron chi connectivity index (χ4n) is 2.90. The third-order valence-corrected chi connectivity index (χ3v) is 5.80. The highest BCUT2D eigenvalue weighted by Gasteiger charge is 2.36. The molecule has 0 spiro atoms. The number of methoxy groups -OCH3 is 1. The maximum Gasteiger partial charge on any atom is 0.240 e. The van der Waals surface area contributed by atoms with Crippen LogP contribution in [0, 0.1) is 5.92 Å². The van der Waals surface area contributed by atoms with Gasteiger partial charge in [-0.05, 0) is 31.2 Å². The zero-order valence-corrected chi connectivity index (χ0v) is 16.0. The summed E-state index contributed by atoms with van der Waals surface area (Å²) in [5.41, 5.74) is 0.487. The molecule has 2 amide bonds. The number of anilines is 1. The third kappa shape index (κ3) is 4.80. The van der Waals surface area contributed by atoms with Crippen molar-refractivity contribution in [1.82, 2.24) is 9.62 Å². The Morgan fingerprint density at radius 2 is 2.00 bits per heavy atom. The lowest BCUT2D eigenvalue weighted by Gasteiger charge is -2.23. The second-order valence-corrected chi connectivity index (χ2v) is 8.03. The molecule has 1 aromatic carbocycles. The van der Waals surface area contributed by atoms with E-state index in [0.717, 1.165) is 0 Å². The van der Waals surface area contributed by atoms with Gasteiger partial charge < -0.3 is 15.0 Å². The van der Waals surface area contributed by atoms with Crippen LogP contribution in [-0.2, 0) is 24.3 Å². The number of amides is 2. The Kier molecular flexibility index (Phi) is 6.74. The van der Waals surface area contributed by atoms with Gasteiger partial charge in [0.15, 0.2) is 0 Å². The first-order valence-corrected chi connectivity index (χ1v) is 9.95. The van der Waals surface area contributed by atoms with Crippen LogP contribution in [0.5, 0.6) is 0 Å². The Morgan fingerprint density at radius 3 is 2.58 bits per heavy atom. The number of benzene rings is 1. The second-order valence-electron chi connectivity index (χ2n) is 6.27. The molecule has 0 aliphatic carbocycles. The summed E-state index contributed by atoms with van der Waals surface area (Å²) in [4.78, 5) is 26.3. The summed E-state index contributed by atoms with van der Waals surface area (Å²) in [6.45, 7) is 4.65. The topological polar surface area (TPSA) is 105 Å². The average molecular weight is 383 g/mol. The van der Waals surface area contributed by atoms with Crippen LogP contribution in [-0.4, -0.2) is 58.0 Å². The molecule has 0 aromatic heterocycles. The van der Waals surface area contributed by atoms with E-state index in [-0.39, 0.29) is 29.2 Å². The van der Waals surface area contributed by atoms with E-state index in [0.29, 0.717) is 25.4 Å². The minimum Gasteiger partial charge on any atom is -0.383 e. The number of carbonyl (C=O) groups is 2. The summed E-state index contributed by atoms with van der Waals surface area (Å²) in [5.74, 6) is -0.762. The van der Waals surface area contributed by atoms with Gasteiger partial charge in [-0.1, -0.05) is 6.92 Å². The van der Waals surface area contributed by atoms with Crippen LogP contribution in [0.4, 0.5) is 5.69 Å². The van der Waals surface area contributed by atoms with E-state index in [1.165, 1.54) is 24.3 Å². The second kappa shape index (κ2) is 8.61. The minimum absolute atomic E-state index is 0.0678. The number of hydrogen-bond donors (Lipinski definition) is 2. The zero-order chi connectivity index (χ0) is 19.3. The van der Waals surface area contributed by atoms with Gasteiger partial charge in [-0.2, -0.15) is 0 Å². The quantitative estimate of drug-likeness (QED) is 0.691. The van der Waals surface area contributed by atoms with Gasteiger partial charge in [0.1, 0.15) is 0 Å². The van der Waals surface area contributed by atoms with Crippen molar-refractivity contribution >= 4 is 27.5 Å². The molecule has 1 aromatic rings. The molecule has 1 aliphatic rings. The van der Waals surface area contributed by atoms with Crippen LogP contribution < -0.4 is 10.0 Å². The van der Waals surface area contributed by atoms with Crippen molar-refractivity contribution < 1.29 is 22.7 Å². The Hall–Kier alpha value is -1.97. The molecular weight excluding hydrogens is 358 g/mol. The van der Waals surface area contributed by atoms with Crippen LogP contribution in [0.15, 0.2) is 29.2 Å². The van der Waals surface area contributed by atoms with E-state index in [4.69, 9.17) is 4.74 Å². The molecule has 2 atom stereocenters. The summed E-state index contributed by atoms with van der Waals surface area (Å²) in [6, 6.07) is 5.84. The summed E-state index contributed by atoms with van der Waals surface area (Å²) in [7, 11) is -1.96. The van der Waals surface area contributed by atoms with Crippen molar-refractivity contribution in [3.05, 3.63) is 24.3 Å². The van der Waals surface area contributed by atoms with Gasteiger partial charge in [-0.25, -0.2) is 13.1 Å². The zero-order valence-electron chi connectivity index (χ0n) is 15.2. The number of nitrogens with zero attached hydrogens (tertiary/aromatic N) is 1. The standard InChI is InChI=1S/C17H25N3O5S/c1-4-18-26(23,24)15-7-5-14(6-8-15)19-17(22)13-9-16(21)20(10-13)12(2)11-25-3/h5-8,12-13,18H,4,9-11H2,1-3H3,(H,19,22)/t12-,13-/m0/s1. The van der Waals surface area contributed by atoms with E-state index in [1.807, 2.05) is 6.92 Å². The number of hydrogen-bond acceptors (Lipinski definition) is 5. The van der Waals surface area contributed by atoms with E-state index in [1.54, 1.807) is 18.9 Å². The molecule has 2 N–H and O–H groups in total. The Labute approximate surface area is 153 Å². The molecule has 1 aliphatic heterocycles. The highest BCUT2D eigenvalue weighted by atomic mass is 32.2. The minimum atomic E-state index is -3.53. The van der Waals surface area contributed by atoms with Crippen LogP contribution >= 0.6 is 0 Å². The predicted molar refractivity (Wildman–Crippen MR) is 97.1 cm³/mol. The van der Waals surface area contributed by atoms with Crippen LogP contribution in [0.3, 0.4) is 0 Å². The predicted octanol–water partition coefficient (Wildman–Crippen LogP) is 0.807. The lowest BCUT2D eigenvalue weighted by molar-refractivity contribution is -0.130. The van der Waals surface area contributed by atoms with E-state index < -0.39 is 15.9 Å². The van der Waals surface area contributed by atoms with Crippen LogP contribution in [0.1, 0.15) is 20.3 Å². The Bertz CT molecular complexity index is 748. The van der Waals surface area contributed by atoms with Gasteiger partial charge in [0.2, 0.25) is 21.8 Å². The number of nitrogens with one attached hydrogen (secondary N) is 2. The molecule has 144 valence electrons. The summed E-state index contributed by atoms with van der Waals surface area (Å²) in [5, 5.41) is 2.74. The maximum atomic E-state index is 12.4. The largest absolute Gasteiger partial charge is 0.383 e. The van der Waals surface area contributed by atoms with Gasteiger partial charge in [-0.15, -0.1) is 0 Å². The molecule has 1 heterocycles. The first-order chi connectivity index (χ1) is 12.3. The summed E-state index contributed by atoms with van der Waals surface area (Å²) >= 11 is 0. The first kappa shape index (κ1) is 20.3. The van der Waals surface area contributed by atoms with Crippen molar-refractivity contribution in [3.8, 4) is 0 Å². The maximum absolute atomic E-state index is 12.4. The molecular formula is C17H25N3O5S. The molecule has 9 heteroatoms. The SMILES string of the molecule is CCNS(=O)(=O)c1ccc(NC(=O)[C@H]2CC(=O)N([C@@H](C)COC)C2)cc1. The Morgan fingerprint density at radius 1 is 1.35 bits per heavy atom. The fraction of sp³-hybridized carbons (Fsp3) is 0.529. The monoisotopic (exact) mass is 383 g/mol. The molecule has 1 saturated heterocycles. The Balaban J connectivity index is 1.99. The van der Waals surface area contributed by atoms with Crippen molar-refractivity contribution in [3.63, 3.8) is 0 Å². The molecule has 0 saturated carbocycles. The molecule has 0 unspecified atom stereocenters. The smallest absolute Gasteiger partial charge is 0.240 e. The molecule has 0 bridgehead atoms. The van der Waals surface area contributed by atoms with E-state index in [2.05, 4.69) is 10.0 Å². The normalized spacial score (nSPS) is 18.8. The summed E-state index contributed by atoms with van der Waals surface area (Å²) in [6.07, 6.45) is 0.159. The van der Waals surface area contributed by atoms with Gasteiger partial charge in [0.05, 0.1) is 23.5 Å². The van der Waals surface area contributed by atoms with E-state index in [9.17, 15) is 18.0 Å². The fourth-order valence-corrected chi connectivity index (χ4v) is 3.94. The van der Waals surface area contributed by atoms with Crippen molar-refractivity contribution in [2.75, 3.05) is 32.1 Å². The van der Waals surface area contributed by atoms with Crippen molar-refractivity contribution in [2.24, 2.45) is 5.92 Å². The molecule has 26 heavy (non-hydrogen) atoms.